The van der Waals surface area contributed by atoms with Crippen LogP contribution in [0.3, 0.4) is 0 Å². The zero-order valence-corrected chi connectivity index (χ0v) is 19.0. The standard InChI is InChI=1S/C26H35N3O2/c1-4-5-6-11-22(23-16-18-25(31-3)19-17-23)12-8-15-26(30)28-21(2)10-7-13-24-14-9-20-27-29-24/h8-9,12,14-21H,4-7,10-11,13H2,1-3H3,(H,28,30)/b15-8+,22-12+/t21-/m1/s1. The molecule has 5 heteroatoms. The molecule has 0 unspecified atom stereocenters. The molecule has 5 nitrogen and oxygen atoms in total. The number of aryl methyl sites for hydroxylation is 1. The van der Waals surface area contributed by atoms with Gasteiger partial charge in [-0.25, -0.2) is 0 Å². The number of carbonyl (C=O) groups is 1. The van der Waals surface area contributed by atoms with Gasteiger partial charge in [0.25, 0.3) is 0 Å². The van der Waals surface area contributed by atoms with Crippen molar-refractivity contribution < 1.29 is 9.53 Å². The maximum Gasteiger partial charge on any atom is 0.244 e. The minimum Gasteiger partial charge on any atom is -0.497 e. The van der Waals surface area contributed by atoms with Crippen LogP contribution >= 0.6 is 0 Å². The second-order valence-electron chi connectivity index (χ2n) is 7.75. The summed E-state index contributed by atoms with van der Waals surface area (Å²) in [7, 11) is 1.67. The number of allylic oxidation sites excluding steroid dienone is 3. The smallest absolute Gasteiger partial charge is 0.244 e. The molecular weight excluding hydrogens is 386 g/mol. The Morgan fingerprint density at radius 2 is 1.97 bits per heavy atom. The molecule has 0 aliphatic heterocycles. The second-order valence-corrected chi connectivity index (χ2v) is 7.75. The molecule has 2 rings (SSSR count). The third-order valence-electron chi connectivity index (χ3n) is 5.14. The molecule has 0 spiro atoms. The van der Waals surface area contributed by atoms with E-state index in [9.17, 15) is 4.79 Å². The lowest BCUT2D eigenvalue weighted by molar-refractivity contribution is -0.117. The Kier molecular flexibility index (Phi) is 11.1. The number of aromatic nitrogens is 2. The fourth-order valence-corrected chi connectivity index (χ4v) is 3.37. The molecule has 1 N–H and O–H groups in total. The average molecular weight is 422 g/mol. The van der Waals surface area contributed by atoms with Crippen LogP contribution in [-0.4, -0.2) is 29.3 Å². The lowest BCUT2D eigenvalue weighted by atomic mass is 9.99. The summed E-state index contributed by atoms with van der Waals surface area (Å²) in [5.41, 5.74) is 3.39. The zero-order valence-electron chi connectivity index (χ0n) is 19.0. The summed E-state index contributed by atoms with van der Waals surface area (Å²) in [6.07, 6.45) is 14.4. The number of amides is 1. The maximum atomic E-state index is 12.3. The highest BCUT2D eigenvalue weighted by Gasteiger charge is 2.06. The third-order valence-corrected chi connectivity index (χ3v) is 5.14. The van der Waals surface area contributed by atoms with Crippen LogP contribution in [0.2, 0.25) is 0 Å². The molecular formula is C26H35N3O2. The van der Waals surface area contributed by atoms with Gasteiger partial charge in [-0.05, 0) is 74.4 Å². The van der Waals surface area contributed by atoms with Crippen molar-refractivity contribution in [3.8, 4) is 5.75 Å². The molecule has 1 amide bonds. The molecule has 1 aromatic heterocycles. The SMILES string of the molecule is CCCCC/C(=C\C=C\C(=O)N[C@H](C)CCCc1cccnn1)c1ccc(OC)cc1. The second kappa shape index (κ2) is 14.1. The predicted octanol–water partition coefficient (Wildman–Crippen LogP) is 5.53. The van der Waals surface area contributed by atoms with Gasteiger partial charge >= 0.3 is 0 Å². The van der Waals surface area contributed by atoms with E-state index < -0.39 is 0 Å². The molecule has 0 aliphatic carbocycles. The lowest BCUT2D eigenvalue weighted by Gasteiger charge is -2.12. The fraction of sp³-hybridized carbons (Fsp3) is 0.423. The van der Waals surface area contributed by atoms with Crippen molar-refractivity contribution >= 4 is 11.5 Å². The minimum atomic E-state index is -0.0640. The molecule has 1 aromatic carbocycles. The van der Waals surface area contributed by atoms with Gasteiger partial charge in [-0.1, -0.05) is 44.1 Å². The quantitative estimate of drug-likeness (QED) is 0.262. The largest absolute Gasteiger partial charge is 0.497 e. The molecule has 0 radical (unpaired) electrons. The van der Waals surface area contributed by atoms with E-state index in [4.69, 9.17) is 4.74 Å². The van der Waals surface area contributed by atoms with Crippen molar-refractivity contribution in [3.63, 3.8) is 0 Å². The van der Waals surface area contributed by atoms with Crippen LogP contribution in [0.25, 0.3) is 5.57 Å². The first-order chi connectivity index (χ1) is 15.1. The zero-order chi connectivity index (χ0) is 22.3. The molecule has 1 atom stereocenters. The Balaban J connectivity index is 1.86. The van der Waals surface area contributed by atoms with Crippen LogP contribution in [0, 0.1) is 0 Å². The van der Waals surface area contributed by atoms with Crippen molar-refractivity contribution in [2.45, 2.75) is 64.8 Å². The van der Waals surface area contributed by atoms with Crippen LogP contribution in [-0.2, 0) is 11.2 Å². The molecule has 1 heterocycles. The van der Waals surface area contributed by atoms with Crippen molar-refractivity contribution in [2.24, 2.45) is 0 Å². The number of rotatable bonds is 13. The highest BCUT2D eigenvalue weighted by molar-refractivity contribution is 5.88. The topological polar surface area (TPSA) is 64.1 Å². The van der Waals surface area contributed by atoms with E-state index in [0.717, 1.165) is 43.5 Å². The summed E-state index contributed by atoms with van der Waals surface area (Å²) in [4.78, 5) is 12.3. The van der Waals surface area contributed by atoms with Gasteiger partial charge in [0.2, 0.25) is 5.91 Å². The Labute approximate surface area is 186 Å². The maximum absolute atomic E-state index is 12.3. The van der Waals surface area contributed by atoms with E-state index in [2.05, 4.69) is 40.6 Å². The van der Waals surface area contributed by atoms with E-state index >= 15 is 0 Å². The predicted molar refractivity (Wildman–Crippen MR) is 127 cm³/mol. The van der Waals surface area contributed by atoms with Crippen molar-refractivity contribution in [1.82, 2.24) is 15.5 Å². The normalized spacial score (nSPS) is 12.7. The van der Waals surface area contributed by atoms with E-state index in [-0.39, 0.29) is 11.9 Å². The van der Waals surface area contributed by atoms with E-state index in [1.807, 2.05) is 37.3 Å². The first kappa shape index (κ1) is 24.3. The van der Waals surface area contributed by atoms with Crippen molar-refractivity contribution in [2.75, 3.05) is 7.11 Å². The van der Waals surface area contributed by atoms with Crippen molar-refractivity contribution in [3.05, 3.63) is 72.1 Å². The number of hydrogen-bond donors (Lipinski definition) is 1. The van der Waals surface area contributed by atoms with Gasteiger partial charge < -0.3 is 10.1 Å². The summed E-state index contributed by atoms with van der Waals surface area (Å²) in [6, 6.07) is 12.1. The van der Waals surface area contributed by atoms with E-state index in [1.165, 1.54) is 24.0 Å². The highest BCUT2D eigenvalue weighted by Crippen LogP contribution is 2.23. The van der Waals surface area contributed by atoms with E-state index in [1.54, 1.807) is 19.4 Å². The first-order valence-corrected chi connectivity index (χ1v) is 11.2. The molecule has 0 fully saturated rings. The highest BCUT2D eigenvalue weighted by atomic mass is 16.5. The van der Waals surface area contributed by atoms with Crippen LogP contribution in [0.15, 0.2) is 60.8 Å². The number of ether oxygens (including phenoxy) is 1. The Morgan fingerprint density at radius 3 is 2.65 bits per heavy atom. The van der Waals surface area contributed by atoms with Crippen LogP contribution in [0.5, 0.6) is 5.75 Å². The molecule has 0 bridgehead atoms. The number of unbranched alkanes of at least 4 members (excludes halogenated alkanes) is 2. The van der Waals surface area contributed by atoms with Gasteiger partial charge in [-0.15, -0.1) is 0 Å². The number of carbonyl (C=O) groups excluding carboxylic acids is 1. The Hall–Kier alpha value is -2.95. The summed E-state index contributed by atoms with van der Waals surface area (Å²) in [5.74, 6) is 0.783. The van der Waals surface area contributed by atoms with Gasteiger partial charge in [-0.3, -0.25) is 4.79 Å². The first-order valence-electron chi connectivity index (χ1n) is 11.2. The number of benzene rings is 1. The van der Waals surface area contributed by atoms with Crippen LogP contribution in [0.1, 0.15) is 63.6 Å². The summed E-state index contributed by atoms with van der Waals surface area (Å²) < 4.78 is 5.26. The molecule has 0 saturated carbocycles. The summed E-state index contributed by atoms with van der Waals surface area (Å²) in [5, 5.41) is 11.0. The summed E-state index contributed by atoms with van der Waals surface area (Å²) >= 11 is 0. The number of nitrogens with zero attached hydrogens (tertiary/aromatic N) is 2. The Morgan fingerprint density at radius 1 is 1.16 bits per heavy atom. The van der Waals surface area contributed by atoms with Gasteiger partial charge in [0.15, 0.2) is 0 Å². The number of methoxy groups -OCH3 is 1. The van der Waals surface area contributed by atoms with Crippen LogP contribution < -0.4 is 10.1 Å². The van der Waals surface area contributed by atoms with Gasteiger partial charge in [0.1, 0.15) is 5.75 Å². The number of hydrogen-bond acceptors (Lipinski definition) is 4. The monoisotopic (exact) mass is 421 g/mol. The van der Waals surface area contributed by atoms with Gasteiger partial charge in [0.05, 0.1) is 12.8 Å². The average Bonchev–Trinajstić information content (AvgIpc) is 2.79. The lowest BCUT2D eigenvalue weighted by Crippen LogP contribution is -2.31. The molecule has 2 aromatic rings. The fourth-order valence-electron chi connectivity index (χ4n) is 3.37. The van der Waals surface area contributed by atoms with Gasteiger partial charge in [-0.2, -0.15) is 10.2 Å². The third kappa shape index (κ3) is 9.60. The molecule has 0 saturated heterocycles. The summed E-state index contributed by atoms with van der Waals surface area (Å²) in [6.45, 7) is 4.24. The number of nitrogens with one attached hydrogen (secondary N) is 1. The van der Waals surface area contributed by atoms with Gasteiger partial charge in [0, 0.05) is 18.3 Å². The Bertz CT molecular complexity index is 829. The minimum absolute atomic E-state index is 0.0640. The molecule has 0 aliphatic rings. The van der Waals surface area contributed by atoms with Crippen LogP contribution in [0.4, 0.5) is 0 Å². The molecule has 166 valence electrons. The molecule has 31 heavy (non-hydrogen) atoms. The van der Waals surface area contributed by atoms with E-state index in [0.29, 0.717) is 0 Å². The van der Waals surface area contributed by atoms with Crippen molar-refractivity contribution in [1.29, 1.82) is 0 Å².